The summed E-state index contributed by atoms with van der Waals surface area (Å²) < 4.78 is 9.90. The van der Waals surface area contributed by atoms with Crippen molar-refractivity contribution in [1.82, 2.24) is 21.3 Å². The van der Waals surface area contributed by atoms with Gasteiger partial charge in [-0.3, -0.25) is 14.4 Å². The lowest BCUT2D eigenvalue weighted by Crippen LogP contribution is -2.58. The third-order valence-corrected chi connectivity index (χ3v) is 6.69. The second-order valence-electron chi connectivity index (χ2n) is 10.2. The van der Waals surface area contributed by atoms with Gasteiger partial charge >= 0.3 is 12.1 Å². The Hall–Kier alpha value is -5.19. The van der Waals surface area contributed by atoms with Crippen LogP contribution in [0.2, 0.25) is 0 Å². The molecule has 3 rings (SSSR count). The molecular formula is C33H38N4O7. The molecule has 4 N–H and O–H groups in total. The first-order chi connectivity index (χ1) is 21.2. The lowest BCUT2D eigenvalue weighted by molar-refractivity contribution is -0.144. The van der Waals surface area contributed by atoms with Crippen molar-refractivity contribution in [1.29, 1.82) is 0 Å². The van der Waals surface area contributed by atoms with Crippen molar-refractivity contribution in [2.75, 3.05) is 7.11 Å². The molecule has 11 nitrogen and oxygen atoms in total. The number of ether oxygens (including phenoxy) is 2. The molecule has 11 heteroatoms. The molecule has 0 aliphatic heterocycles. The van der Waals surface area contributed by atoms with Crippen molar-refractivity contribution in [2.24, 2.45) is 0 Å². The highest BCUT2D eigenvalue weighted by Crippen LogP contribution is 2.08. The van der Waals surface area contributed by atoms with Gasteiger partial charge in [0.1, 0.15) is 30.8 Å². The molecular weight excluding hydrogens is 564 g/mol. The van der Waals surface area contributed by atoms with Crippen LogP contribution in [0.15, 0.2) is 91.0 Å². The van der Waals surface area contributed by atoms with Gasteiger partial charge in [-0.1, -0.05) is 91.0 Å². The molecule has 0 unspecified atom stereocenters. The van der Waals surface area contributed by atoms with Crippen molar-refractivity contribution < 1.29 is 33.4 Å². The van der Waals surface area contributed by atoms with E-state index < -0.39 is 54.0 Å². The topological polar surface area (TPSA) is 152 Å². The van der Waals surface area contributed by atoms with Gasteiger partial charge in [0, 0.05) is 12.8 Å². The summed E-state index contributed by atoms with van der Waals surface area (Å²) in [5, 5.41) is 10.5. The van der Waals surface area contributed by atoms with Crippen LogP contribution in [0.3, 0.4) is 0 Å². The van der Waals surface area contributed by atoms with E-state index in [4.69, 9.17) is 9.47 Å². The van der Waals surface area contributed by atoms with Crippen molar-refractivity contribution in [2.45, 2.75) is 57.5 Å². The Kier molecular flexibility index (Phi) is 12.9. The van der Waals surface area contributed by atoms with E-state index in [2.05, 4.69) is 21.3 Å². The average molecular weight is 603 g/mol. The second kappa shape index (κ2) is 17.1. The van der Waals surface area contributed by atoms with E-state index in [-0.39, 0.29) is 19.4 Å². The maximum atomic E-state index is 13.7. The average Bonchev–Trinajstić information content (AvgIpc) is 3.04. The molecule has 0 spiro atoms. The highest BCUT2D eigenvalue weighted by atomic mass is 16.5. The number of nitrogens with one attached hydrogen (secondary N) is 4. The van der Waals surface area contributed by atoms with Crippen LogP contribution in [-0.2, 0) is 48.1 Å². The number of carbonyl (C=O) groups is 5. The quantitative estimate of drug-likeness (QED) is 0.207. The number of benzene rings is 3. The Morgan fingerprint density at radius 2 is 1.00 bits per heavy atom. The first-order valence-corrected chi connectivity index (χ1v) is 14.2. The number of methoxy groups -OCH3 is 1. The molecule has 3 aromatic carbocycles. The third kappa shape index (κ3) is 10.9. The van der Waals surface area contributed by atoms with Crippen LogP contribution in [0.4, 0.5) is 4.79 Å². The Labute approximate surface area is 256 Å². The summed E-state index contributed by atoms with van der Waals surface area (Å²) in [4.78, 5) is 64.3. The Balaban J connectivity index is 1.72. The minimum atomic E-state index is -1.10. The smallest absolute Gasteiger partial charge is 0.408 e. The predicted molar refractivity (Wildman–Crippen MR) is 163 cm³/mol. The van der Waals surface area contributed by atoms with Crippen molar-refractivity contribution in [3.8, 4) is 0 Å². The van der Waals surface area contributed by atoms with E-state index in [9.17, 15) is 24.0 Å². The molecule has 0 aliphatic rings. The number of rotatable bonds is 14. The Bertz CT molecular complexity index is 1390. The first kappa shape index (κ1) is 33.3. The molecule has 3 aromatic rings. The Morgan fingerprint density at radius 3 is 1.48 bits per heavy atom. The largest absolute Gasteiger partial charge is 0.467 e. The van der Waals surface area contributed by atoms with E-state index in [1.54, 1.807) is 48.5 Å². The predicted octanol–water partition coefficient (Wildman–Crippen LogP) is 2.43. The molecule has 0 bridgehead atoms. The number of hydrogen-bond donors (Lipinski definition) is 4. The van der Waals surface area contributed by atoms with Crippen LogP contribution in [0.25, 0.3) is 0 Å². The number of carbonyl (C=O) groups excluding carboxylic acids is 5. The van der Waals surface area contributed by atoms with E-state index in [1.807, 2.05) is 42.5 Å². The minimum absolute atomic E-state index is 0.0273. The van der Waals surface area contributed by atoms with Crippen LogP contribution in [-0.4, -0.2) is 61.1 Å². The fourth-order valence-electron chi connectivity index (χ4n) is 4.24. The highest BCUT2D eigenvalue weighted by Gasteiger charge is 2.30. The number of alkyl carbamates (subject to hydrolysis) is 1. The summed E-state index contributed by atoms with van der Waals surface area (Å²) >= 11 is 0. The summed E-state index contributed by atoms with van der Waals surface area (Å²) in [5.41, 5.74) is 2.32. The van der Waals surface area contributed by atoms with E-state index in [1.165, 1.54) is 21.0 Å². The zero-order valence-corrected chi connectivity index (χ0v) is 24.9. The molecule has 4 atom stereocenters. The maximum absolute atomic E-state index is 13.7. The molecule has 0 aromatic heterocycles. The summed E-state index contributed by atoms with van der Waals surface area (Å²) in [7, 11) is 1.21. The van der Waals surface area contributed by atoms with E-state index in [0.717, 1.165) is 16.7 Å². The summed E-state index contributed by atoms with van der Waals surface area (Å²) in [5.74, 6) is -2.48. The number of esters is 1. The summed E-state index contributed by atoms with van der Waals surface area (Å²) in [6.45, 7) is 2.97. The van der Waals surface area contributed by atoms with Crippen molar-refractivity contribution in [3.05, 3.63) is 108 Å². The monoisotopic (exact) mass is 602 g/mol. The maximum Gasteiger partial charge on any atom is 0.408 e. The van der Waals surface area contributed by atoms with Crippen LogP contribution < -0.4 is 21.3 Å². The molecule has 0 fully saturated rings. The van der Waals surface area contributed by atoms with Gasteiger partial charge in [0.05, 0.1) is 7.11 Å². The van der Waals surface area contributed by atoms with Gasteiger partial charge in [0.2, 0.25) is 17.7 Å². The molecule has 0 heterocycles. The van der Waals surface area contributed by atoms with Gasteiger partial charge < -0.3 is 30.7 Å². The zero-order chi connectivity index (χ0) is 31.9. The SMILES string of the molecule is COC(=O)[C@H](C)NC(=O)[C@H](Cc1ccccc1)NC(=O)[C@H](Cc1ccccc1)NC(=O)[C@H](C)NC(=O)OCc1ccccc1. The summed E-state index contributed by atoms with van der Waals surface area (Å²) in [6.07, 6.45) is -0.550. The van der Waals surface area contributed by atoms with Gasteiger partial charge in [0.25, 0.3) is 0 Å². The van der Waals surface area contributed by atoms with Crippen LogP contribution in [0.1, 0.15) is 30.5 Å². The Morgan fingerprint density at radius 1 is 0.568 bits per heavy atom. The molecule has 0 radical (unpaired) electrons. The van der Waals surface area contributed by atoms with Crippen LogP contribution >= 0.6 is 0 Å². The van der Waals surface area contributed by atoms with Gasteiger partial charge in [-0.15, -0.1) is 0 Å². The fraction of sp³-hybridized carbons (Fsp3) is 0.303. The lowest BCUT2D eigenvalue weighted by Gasteiger charge is -2.25. The van der Waals surface area contributed by atoms with E-state index >= 15 is 0 Å². The van der Waals surface area contributed by atoms with E-state index in [0.29, 0.717) is 0 Å². The standard InChI is InChI=1S/C33H38N4O7/c1-22(35-33(42)44-21-26-17-11-6-12-18-26)29(38)36-28(20-25-15-9-5-10-16-25)31(40)37-27(19-24-13-7-4-8-14-24)30(39)34-23(2)32(41)43-3/h4-18,22-23,27-28H,19-21H2,1-3H3,(H,34,39)(H,35,42)(H,36,38)(H,37,40)/t22-,23-,27-,28-/m0/s1. The van der Waals surface area contributed by atoms with Gasteiger partial charge in [0.15, 0.2) is 0 Å². The first-order valence-electron chi connectivity index (χ1n) is 14.2. The molecule has 44 heavy (non-hydrogen) atoms. The van der Waals surface area contributed by atoms with Gasteiger partial charge in [-0.25, -0.2) is 9.59 Å². The van der Waals surface area contributed by atoms with Gasteiger partial charge in [-0.05, 0) is 30.5 Å². The van der Waals surface area contributed by atoms with Crippen LogP contribution in [0, 0.1) is 0 Å². The highest BCUT2D eigenvalue weighted by molar-refractivity contribution is 5.95. The summed E-state index contributed by atoms with van der Waals surface area (Å²) in [6, 6.07) is 23.0. The lowest BCUT2D eigenvalue weighted by atomic mass is 10.0. The molecule has 0 saturated carbocycles. The zero-order valence-electron chi connectivity index (χ0n) is 24.9. The minimum Gasteiger partial charge on any atom is -0.467 e. The van der Waals surface area contributed by atoms with Crippen molar-refractivity contribution >= 4 is 29.8 Å². The molecule has 0 saturated heterocycles. The van der Waals surface area contributed by atoms with Gasteiger partial charge in [-0.2, -0.15) is 0 Å². The molecule has 4 amide bonds. The second-order valence-corrected chi connectivity index (χ2v) is 10.2. The number of amides is 4. The normalized spacial score (nSPS) is 13.2. The molecule has 0 aliphatic carbocycles. The third-order valence-electron chi connectivity index (χ3n) is 6.69. The number of hydrogen-bond acceptors (Lipinski definition) is 7. The molecule has 232 valence electrons. The van der Waals surface area contributed by atoms with Crippen molar-refractivity contribution in [3.63, 3.8) is 0 Å². The fourth-order valence-corrected chi connectivity index (χ4v) is 4.24. The van der Waals surface area contributed by atoms with Crippen LogP contribution in [0.5, 0.6) is 0 Å².